The lowest BCUT2D eigenvalue weighted by molar-refractivity contribution is -0.132. The van der Waals surface area contributed by atoms with Crippen molar-refractivity contribution in [1.29, 1.82) is 0 Å². The van der Waals surface area contributed by atoms with E-state index in [0.717, 1.165) is 0 Å². The summed E-state index contributed by atoms with van der Waals surface area (Å²) in [6.45, 7) is 2.30. The number of ether oxygens (including phenoxy) is 3. The Labute approximate surface area is 200 Å². The zero-order valence-corrected chi connectivity index (χ0v) is 18.8. The third kappa shape index (κ3) is 3.62. The topological polar surface area (TPSA) is 98.2 Å². The van der Waals surface area contributed by atoms with Crippen LogP contribution in [0, 0.1) is 0 Å². The van der Waals surface area contributed by atoms with E-state index in [-0.39, 0.29) is 23.0 Å². The first kappa shape index (κ1) is 21.8. The lowest BCUT2D eigenvalue weighted by Gasteiger charge is -2.25. The number of carbonyl (C=O) groups excluding carboxylic acids is 2. The van der Waals surface area contributed by atoms with Gasteiger partial charge in [0.2, 0.25) is 6.79 Å². The summed E-state index contributed by atoms with van der Waals surface area (Å²) in [4.78, 5) is 32.0. The first-order valence-electron chi connectivity index (χ1n) is 10.5. The number of aliphatic hydroxyl groups is 1. The molecule has 0 aliphatic carbocycles. The molecule has 172 valence electrons. The fourth-order valence-electron chi connectivity index (χ4n) is 4.07. The fourth-order valence-corrected chi connectivity index (χ4v) is 4.28. The number of amides is 1. The van der Waals surface area contributed by atoms with Crippen molar-refractivity contribution in [2.24, 2.45) is 0 Å². The van der Waals surface area contributed by atoms with Gasteiger partial charge in [-0.15, -0.1) is 0 Å². The molecule has 3 heterocycles. The number of anilines is 1. The number of carbonyl (C=O) groups is 2. The summed E-state index contributed by atoms with van der Waals surface area (Å²) in [5, 5.41) is 11.5. The molecule has 5 rings (SSSR count). The van der Waals surface area contributed by atoms with Gasteiger partial charge in [-0.3, -0.25) is 19.5 Å². The average molecular weight is 479 g/mol. The van der Waals surface area contributed by atoms with Gasteiger partial charge in [0.15, 0.2) is 11.5 Å². The second kappa shape index (κ2) is 8.72. The van der Waals surface area contributed by atoms with Gasteiger partial charge in [-0.05, 0) is 48.9 Å². The van der Waals surface area contributed by atoms with Crippen LogP contribution in [0.4, 0.5) is 5.69 Å². The molecule has 1 saturated heterocycles. The number of pyridine rings is 1. The van der Waals surface area contributed by atoms with Crippen molar-refractivity contribution in [3.8, 4) is 17.2 Å². The molecule has 2 aliphatic heterocycles. The first-order valence-corrected chi connectivity index (χ1v) is 10.9. The number of hydrogen-bond donors (Lipinski definition) is 1. The maximum absolute atomic E-state index is 13.3. The molecule has 1 fully saturated rings. The Morgan fingerprint density at radius 3 is 2.76 bits per heavy atom. The molecule has 9 heteroatoms. The highest BCUT2D eigenvalue weighted by molar-refractivity contribution is 6.52. The number of rotatable bonds is 5. The molecule has 0 bridgehead atoms. The van der Waals surface area contributed by atoms with Gasteiger partial charge in [0, 0.05) is 29.7 Å². The van der Waals surface area contributed by atoms with Gasteiger partial charge < -0.3 is 19.3 Å². The Hall–Kier alpha value is -4.04. The summed E-state index contributed by atoms with van der Waals surface area (Å²) in [5.74, 6) is -0.582. The average Bonchev–Trinajstić information content (AvgIpc) is 3.42. The van der Waals surface area contributed by atoms with Crippen LogP contribution in [0.3, 0.4) is 0 Å². The number of ketones is 1. The van der Waals surface area contributed by atoms with Crippen LogP contribution in [0.2, 0.25) is 5.02 Å². The van der Waals surface area contributed by atoms with Crippen LogP contribution in [0.5, 0.6) is 17.2 Å². The van der Waals surface area contributed by atoms with Gasteiger partial charge in [0.25, 0.3) is 11.7 Å². The molecule has 8 nitrogen and oxygen atoms in total. The molecular weight excluding hydrogens is 460 g/mol. The normalized spacial score (nSPS) is 18.4. The number of benzene rings is 2. The van der Waals surface area contributed by atoms with Crippen LogP contribution in [0.1, 0.15) is 24.1 Å². The standard InChI is InChI=1S/C25H19ClN2O6/c1-2-32-16-6-7-18(26)17(11-16)23(29)21-22(14-4-3-9-27-12-14)28(25(31)24(21)30)15-5-8-19-20(10-15)34-13-33-19/h3-12,22,29H,2,13H2,1H3/b23-21+. The third-order valence-corrected chi connectivity index (χ3v) is 5.91. The largest absolute Gasteiger partial charge is 0.507 e. The Morgan fingerprint density at radius 1 is 1.18 bits per heavy atom. The van der Waals surface area contributed by atoms with Gasteiger partial charge >= 0.3 is 0 Å². The monoisotopic (exact) mass is 478 g/mol. The van der Waals surface area contributed by atoms with E-state index in [1.807, 2.05) is 6.92 Å². The van der Waals surface area contributed by atoms with E-state index in [4.69, 9.17) is 25.8 Å². The molecule has 0 radical (unpaired) electrons. The maximum Gasteiger partial charge on any atom is 0.300 e. The van der Waals surface area contributed by atoms with Crippen molar-refractivity contribution in [2.75, 3.05) is 18.3 Å². The molecule has 3 aromatic rings. The molecule has 34 heavy (non-hydrogen) atoms. The van der Waals surface area contributed by atoms with Crippen LogP contribution in [-0.4, -0.2) is 35.2 Å². The van der Waals surface area contributed by atoms with Crippen molar-refractivity contribution in [1.82, 2.24) is 4.98 Å². The van der Waals surface area contributed by atoms with Gasteiger partial charge in [0.05, 0.1) is 23.2 Å². The minimum Gasteiger partial charge on any atom is -0.507 e. The highest BCUT2D eigenvalue weighted by Gasteiger charge is 2.47. The fraction of sp³-hybridized carbons (Fsp3) is 0.160. The van der Waals surface area contributed by atoms with E-state index >= 15 is 0 Å². The number of nitrogens with zero attached hydrogens (tertiary/aromatic N) is 2. The summed E-state index contributed by atoms with van der Waals surface area (Å²) in [6, 6.07) is 12.2. The minimum absolute atomic E-state index is 0.0678. The van der Waals surface area contributed by atoms with E-state index in [0.29, 0.717) is 35.1 Å². The Bertz CT molecular complexity index is 1320. The Morgan fingerprint density at radius 2 is 2.00 bits per heavy atom. The van der Waals surface area contributed by atoms with E-state index in [1.54, 1.807) is 54.9 Å². The van der Waals surface area contributed by atoms with Crippen molar-refractivity contribution >= 4 is 34.7 Å². The SMILES string of the molecule is CCOc1ccc(Cl)c(/C(O)=C2\C(=O)C(=O)N(c3ccc4c(c3)OCO4)C2c2cccnc2)c1. The zero-order chi connectivity index (χ0) is 23.8. The quantitative estimate of drug-likeness (QED) is 0.328. The van der Waals surface area contributed by atoms with Crippen molar-refractivity contribution in [2.45, 2.75) is 13.0 Å². The minimum atomic E-state index is -0.944. The maximum atomic E-state index is 13.3. The van der Waals surface area contributed by atoms with E-state index in [1.165, 1.54) is 11.0 Å². The lowest BCUT2D eigenvalue weighted by atomic mass is 9.96. The van der Waals surface area contributed by atoms with Crippen LogP contribution in [0.25, 0.3) is 5.76 Å². The molecule has 1 amide bonds. The van der Waals surface area contributed by atoms with Crippen molar-refractivity contribution in [3.63, 3.8) is 0 Å². The molecule has 2 aliphatic rings. The zero-order valence-electron chi connectivity index (χ0n) is 18.0. The molecule has 1 N–H and O–H groups in total. The van der Waals surface area contributed by atoms with Gasteiger partial charge in [-0.25, -0.2) is 0 Å². The number of aromatic nitrogens is 1. The Kier molecular flexibility index (Phi) is 5.59. The first-order chi connectivity index (χ1) is 16.5. The summed E-state index contributed by atoms with van der Waals surface area (Å²) >= 11 is 6.36. The molecule has 1 atom stereocenters. The summed E-state index contributed by atoms with van der Waals surface area (Å²) in [5.41, 5.74) is 1.03. The number of Topliss-reactive ketones (excluding diaryl/α,β-unsaturated/α-hetero) is 1. The van der Waals surface area contributed by atoms with Crippen molar-refractivity contribution < 1.29 is 28.9 Å². The van der Waals surface area contributed by atoms with Crippen LogP contribution in [0.15, 0.2) is 66.5 Å². The highest BCUT2D eigenvalue weighted by Crippen LogP contribution is 2.45. The molecule has 0 saturated carbocycles. The smallest absolute Gasteiger partial charge is 0.300 e. The summed E-state index contributed by atoms with van der Waals surface area (Å²) < 4.78 is 16.3. The molecule has 0 spiro atoms. The summed E-state index contributed by atoms with van der Waals surface area (Å²) in [6.07, 6.45) is 3.13. The number of fused-ring (bicyclic) bond motifs is 1. The molecular formula is C25H19ClN2O6. The van der Waals surface area contributed by atoms with Gasteiger partial charge in [-0.1, -0.05) is 17.7 Å². The number of hydrogen-bond acceptors (Lipinski definition) is 7. The molecule has 2 aromatic carbocycles. The highest BCUT2D eigenvalue weighted by atomic mass is 35.5. The molecule has 1 aromatic heterocycles. The predicted molar refractivity (Wildman–Crippen MR) is 124 cm³/mol. The Balaban J connectivity index is 1.70. The third-order valence-electron chi connectivity index (χ3n) is 5.58. The molecule has 1 unspecified atom stereocenters. The summed E-state index contributed by atoms with van der Waals surface area (Å²) in [7, 11) is 0. The van der Waals surface area contributed by atoms with E-state index in [9.17, 15) is 14.7 Å². The van der Waals surface area contributed by atoms with Gasteiger partial charge in [0.1, 0.15) is 11.5 Å². The number of halogens is 1. The lowest BCUT2D eigenvalue weighted by Crippen LogP contribution is -2.29. The second-order valence-electron chi connectivity index (χ2n) is 7.57. The van der Waals surface area contributed by atoms with Crippen LogP contribution < -0.4 is 19.1 Å². The van der Waals surface area contributed by atoms with Crippen LogP contribution in [-0.2, 0) is 9.59 Å². The van der Waals surface area contributed by atoms with Gasteiger partial charge in [-0.2, -0.15) is 0 Å². The number of aliphatic hydroxyl groups excluding tert-OH is 1. The van der Waals surface area contributed by atoms with E-state index in [2.05, 4.69) is 4.98 Å². The van der Waals surface area contributed by atoms with Crippen LogP contribution >= 0.6 is 11.6 Å². The van der Waals surface area contributed by atoms with Crippen molar-refractivity contribution in [3.05, 3.63) is 82.6 Å². The second-order valence-corrected chi connectivity index (χ2v) is 7.97. The predicted octanol–water partition coefficient (Wildman–Crippen LogP) is 4.49. The van der Waals surface area contributed by atoms with E-state index < -0.39 is 23.5 Å².